The fourth-order valence-corrected chi connectivity index (χ4v) is 2.27. The van der Waals surface area contributed by atoms with Crippen molar-refractivity contribution in [1.82, 2.24) is 0 Å². The van der Waals surface area contributed by atoms with E-state index in [9.17, 15) is 0 Å². The Morgan fingerprint density at radius 1 is 1.17 bits per heavy atom. The lowest BCUT2D eigenvalue weighted by atomic mass is 10.0. The van der Waals surface area contributed by atoms with Crippen LogP contribution in [0.4, 0.5) is 5.69 Å². The van der Waals surface area contributed by atoms with E-state index >= 15 is 0 Å². The van der Waals surface area contributed by atoms with Crippen molar-refractivity contribution in [3.8, 4) is 0 Å². The van der Waals surface area contributed by atoms with Crippen molar-refractivity contribution in [2.45, 2.75) is 12.8 Å². The molecule has 3 heteroatoms. The summed E-state index contributed by atoms with van der Waals surface area (Å²) in [7, 11) is 0. The van der Waals surface area contributed by atoms with Gasteiger partial charge in [-0.2, -0.15) is 0 Å². The van der Waals surface area contributed by atoms with Crippen molar-refractivity contribution in [2.75, 3.05) is 11.9 Å². The molecule has 0 fully saturated rings. The fraction of sp³-hybridized carbons (Fsp3) is 0.200. The van der Waals surface area contributed by atoms with Crippen LogP contribution in [0.25, 0.3) is 0 Å². The first-order valence-electron chi connectivity index (χ1n) is 5.90. The highest BCUT2D eigenvalue weighted by Gasteiger charge is 2.05. The number of benzene rings is 2. The molecule has 1 N–H and O–H groups in total. The third-order valence-electron chi connectivity index (χ3n) is 2.90. The predicted octanol–water partition coefficient (Wildman–Crippen LogP) is 5.32. The molecule has 2 rings (SSSR count). The molecular weight excluding hydrogens is 310 g/mol. The van der Waals surface area contributed by atoms with Crippen LogP contribution in [0.2, 0.25) is 5.02 Å². The van der Waals surface area contributed by atoms with Crippen LogP contribution in [0, 0.1) is 0 Å². The second kappa shape index (κ2) is 6.26. The van der Waals surface area contributed by atoms with Gasteiger partial charge in [-0.1, -0.05) is 48.9 Å². The van der Waals surface area contributed by atoms with Gasteiger partial charge in [-0.3, -0.25) is 0 Å². The lowest BCUT2D eigenvalue weighted by molar-refractivity contribution is 0.805. The molecule has 0 aromatic heterocycles. The predicted molar refractivity (Wildman–Crippen MR) is 82.5 cm³/mol. The van der Waals surface area contributed by atoms with Crippen LogP contribution in [-0.2, 0) is 0 Å². The minimum atomic E-state index is 0.473. The van der Waals surface area contributed by atoms with E-state index in [1.165, 1.54) is 5.56 Å². The zero-order chi connectivity index (χ0) is 13.0. The van der Waals surface area contributed by atoms with Gasteiger partial charge in [-0.25, -0.2) is 0 Å². The first-order chi connectivity index (χ1) is 8.66. The minimum absolute atomic E-state index is 0.473. The molecule has 1 atom stereocenters. The summed E-state index contributed by atoms with van der Waals surface area (Å²) < 4.78 is 0.918. The van der Waals surface area contributed by atoms with Gasteiger partial charge in [-0.05, 0) is 45.6 Å². The highest BCUT2D eigenvalue weighted by atomic mass is 79.9. The van der Waals surface area contributed by atoms with Crippen LogP contribution in [0.1, 0.15) is 18.4 Å². The van der Waals surface area contributed by atoms with Crippen LogP contribution in [0.3, 0.4) is 0 Å². The SMILES string of the molecule is CC(CNc1ccc(Cl)c(Br)c1)c1ccccc1. The summed E-state index contributed by atoms with van der Waals surface area (Å²) in [5, 5.41) is 4.16. The second-order valence-corrected chi connectivity index (χ2v) is 5.58. The van der Waals surface area contributed by atoms with Crippen LogP contribution >= 0.6 is 27.5 Å². The van der Waals surface area contributed by atoms with Gasteiger partial charge in [0.25, 0.3) is 0 Å². The number of hydrogen-bond donors (Lipinski definition) is 1. The minimum Gasteiger partial charge on any atom is -0.384 e. The smallest absolute Gasteiger partial charge is 0.0549 e. The summed E-state index contributed by atoms with van der Waals surface area (Å²) in [6, 6.07) is 16.4. The van der Waals surface area contributed by atoms with Crippen LogP contribution < -0.4 is 5.32 Å². The number of hydrogen-bond acceptors (Lipinski definition) is 1. The lowest BCUT2D eigenvalue weighted by Gasteiger charge is -2.14. The van der Waals surface area contributed by atoms with Gasteiger partial charge in [0.2, 0.25) is 0 Å². The van der Waals surface area contributed by atoms with Crippen molar-refractivity contribution in [1.29, 1.82) is 0 Å². The van der Waals surface area contributed by atoms with Gasteiger partial charge in [-0.15, -0.1) is 0 Å². The van der Waals surface area contributed by atoms with E-state index < -0.39 is 0 Å². The topological polar surface area (TPSA) is 12.0 Å². The van der Waals surface area contributed by atoms with Gasteiger partial charge >= 0.3 is 0 Å². The summed E-state index contributed by atoms with van der Waals surface area (Å²) in [4.78, 5) is 0. The molecule has 2 aromatic rings. The number of rotatable bonds is 4. The largest absolute Gasteiger partial charge is 0.384 e. The standard InChI is InChI=1S/C15H15BrClN/c1-11(12-5-3-2-4-6-12)10-18-13-7-8-15(17)14(16)9-13/h2-9,11,18H,10H2,1H3. The Kier molecular flexibility index (Phi) is 4.67. The molecule has 0 heterocycles. The van der Waals surface area contributed by atoms with E-state index in [0.717, 1.165) is 21.7 Å². The van der Waals surface area contributed by atoms with E-state index in [1.807, 2.05) is 24.3 Å². The Morgan fingerprint density at radius 3 is 2.56 bits per heavy atom. The van der Waals surface area contributed by atoms with Crippen molar-refractivity contribution >= 4 is 33.2 Å². The first-order valence-corrected chi connectivity index (χ1v) is 7.08. The van der Waals surface area contributed by atoms with Gasteiger partial charge in [0, 0.05) is 16.7 Å². The van der Waals surface area contributed by atoms with Crippen molar-refractivity contribution in [3.05, 3.63) is 63.6 Å². The average Bonchev–Trinajstić information content (AvgIpc) is 2.41. The third-order valence-corrected chi connectivity index (χ3v) is 4.11. The third kappa shape index (κ3) is 3.50. The van der Waals surface area contributed by atoms with Crippen molar-refractivity contribution < 1.29 is 0 Å². The Hall–Kier alpha value is -0.990. The van der Waals surface area contributed by atoms with E-state index in [-0.39, 0.29) is 0 Å². The number of nitrogens with one attached hydrogen (secondary N) is 1. The first kappa shape index (κ1) is 13.4. The molecule has 0 amide bonds. The molecule has 1 unspecified atom stereocenters. The molecule has 0 aliphatic carbocycles. The van der Waals surface area contributed by atoms with Gasteiger partial charge < -0.3 is 5.32 Å². The van der Waals surface area contributed by atoms with Crippen LogP contribution in [0.5, 0.6) is 0 Å². The van der Waals surface area contributed by atoms with Crippen molar-refractivity contribution in [2.24, 2.45) is 0 Å². The summed E-state index contributed by atoms with van der Waals surface area (Å²) in [5.74, 6) is 0.473. The maximum Gasteiger partial charge on any atom is 0.0549 e. The van der Waals surface area contributed by atoms with Gasteiger partial charge in [0.05, 0.1) is 5.02 Å². The molecule has 0 aliphatic rings. The summed E-state index contributed by atoms with van der Waals surface area (Å²) in [5.41, 5.74) is 2.42. The highest BCUT2D eigenvalue weighted by Crippen LogP contribution is 2.26. The lowest BCUT2D eigenvalue weighted by Crippen LogP contribution is -2.09. The summed E-state index contributed by atoms with van der Waals surface area (Å²) in [6.07, 6.45) is 0. The molecule has 2 aromatic carbocycles. The Balaban J connectivity index is 1.97. The molecule has 0 saturated carbocycles. The van der Waals surface area contributed by atoms with E-state index in [1.54, 1.807) is 0 Å². The van der Waals surface area contributed by atoms with Crippen LogP contribution in [-0.4, -0.2) is 6.54 Å². The Morgan fingerprint density at radius 2 is 1.89 bits per heavy atom. The van der Waals surface area contributed by atoms with E-state index in [4.69, 9.17) is 11.6 Å². The molecule has 0 aliphatic heterocycles. The van der Waals surface area contributed by atoms with Crippen molar-refractivity contribution in [3.63, 3.8) is 0 Å². The quantitative estimate of drug-likeness (QED) is 0.802. The Labute approximate surface area is 121 Å². The summed E-state index contributed by atoms with van der Waals surface area (Å²) >= 11 is 9.39. The molecule has 18 heavy (non-hydrogen) atoms. The molecule has 0 spiro atoms. The molecule has 0 radical (unpaired) electrons. The number of halogens is 2. The van der Waals surface area contributed by atoms with Crippen LogP contribution in [0.15, 0.2) is 53.0 Å². The molecule has 0 bridgehead atoms. The fourth-order valence-electron chi connectivity index (χ4n) is 1.78. The Bertz CT molecular complexity index is 513. The summed E-state index contributed by atoms with van der Waals surface area (Å²) in [6.45, 7) is 3.12. The van der Waals surface area contributed by atoms with Gasteiger partial charge in [0.1, 0.15) is 0 Å². The average molecular weight is 325 g/mol. The van der Waals surface area contributed by atoms with E-state index in [0.29, 0.717) is 5.92 Å². The highest BCUT2D eigenvalue weighted by molar-refractivity contribution is 9.10. The molecular formula is C15H15BrClN. The monoisotopic (exact) mass is 323 g/mol. The molecule has 1 nitrogen and oxygen atoms in total. The maximum atomic E-state index is 5.96. The zero-order valence-electron chi connectivity index (χ0n) is 10.2. The molecule has 94 valence electrons. The van der Waals surface area contributed by atoms with E-state index in [2.05, 4.69) is 52.4 Å². The zero-order valence-corrected chi connectivity index (χ0v) is 12.5. The molecule has 0 saturated heterocycles. The second-order valence-electron chi connectivity index (χ2n) is 4.32. The number of anilines is 1. The normalized spacial score (nSPS) is 12.2. The maximum absolute atomic E-state index is 5.96. The van der Waals surface area contributed by atoms with Gasteiger partial charge in [0.15, 0.2) is 0 Å².